The second-order valence-electron chi connectivity index (χ2n) is 4.95. The van der Waals surface area contributed by atoms with Crippen molar-refractivity contribution < 1.29 is 4.74 Å². The summed E-state index contributed by atoms with van der Waals surface area (Å²) in [5, 5.41) is 0. The molecule has 88 valence electrons. The van der Waals surface area contributed by atoms with E-state index < -0.39 is 0 Å². The average Bonchev–Trinajstić information content (AvgIpc) is 2.31. The van der Waals surface area contributed by atoms with E-state index in [0.717, 1.165) is 0 Å². The van der Waals surface area contributed by atoms with E-state index >= 15 is 0 Å². The molecule has 1 saturated carbocycles. The second kappa shape index (κ2) is 5.49. The van der Waals surface area contributed by atoms with Crippen LogP contribution in [0.4, 0.5) is 0 Å². The Labute approximate surface area is 98.8 Å². The molecule has 0 amide bonds. The summed E-state index contributed by atoms with van der Waals surface area (Å²) in [7, 11) is 0. The van der Waals surface area contributed by atoms with Gasteiger partial charge in [0.05, 0.1) is 12.2 Å². The van der Waals surface area contributed by atoms with Gasteiger partial charge in [0.1, 0.15) is 0 Å². The minimum absolute atomic E-state index is 0.240. The zero-order valence-corrected chi connectivity index (χ0v) is 10.4. The summed E-state index contributed by atoms with van der Waals surface area (Å²) in [6.07, 6.45) is 7.29. The smallest absolute Gasteiger partial charge is 0.0800 e. The van der Waals surface area contributed by atoms with E-state index in [1.807, 2.05) is 0 Å². The Morgan fingerprint density at radius 2 is 1.69 bits per heavy atom. The highest BCUT2D eigenvalue weighted by molar-refractivity contribution is 5.22. The zero-order chi connectivity index (χ0) is 11.4. The van der Waals surface area contributed by atoms with Crippen molar-refractivity contribution in [3.63, 3.8) is 0 Å². The van der Waals surface area contributed by atoms with Crippen molar-refractivity contribution in [1.82, 2.24) is 0 Å². The van der Waals surface area contributed by atoms with Crippen LogP contribution in [0.15, 0.2) is 24.3 Å². The van der Waals surface area contributed by atoms with Gasteiger partial charge in [-0.15, -0.1) is 0 Å². The van der Waals surface area contributed by atoms with E-state index in [2.05, 4.69) is 38.1 Å². The molecule has 0 radical (unpaired) electrons. The van der Waals surface area contributed by atoms with E-state index in [0.29, 0.717) is 6.10 Å². The normalized spacial score (nSPS) is 19.6. The zero-order valence-electron chi connectivity index (χ0n) is 10.4. The van der Waals surface area contributed by atoms with Crippen molar-refractivity contribution in [2.75, 3.05) is 0 Å². The summed E-state index contributed by atoms with van der Waals surface area (Å²) in [5.41, 5.74) is 2.62. The number of benzene rings is 1. The fraction of sp³-hybridized carbons (Fsp3) is 0.600. The summed E-state index contributed by atoms with van der Waals surface area (Å²) in [6.45, 7) is 4.29. The van der Waals surface area contributed by atoms with Crippen LogP contribution in [0.5, 0.6) is 0 Å². The molecule has 16 heavy (non-hydrogen) atoms. The Morgan fingerprint density at radius 3 is 2.31 bits per heavy atom. The molecule has 2 rings (SSSR count). The van der Waals surface area contributed by atoms with Gasteiger partial charge in [0, 0.05) is 0 Å². The lowest BCUT2D eigenvalue weighted by atomic mass is 9.97. The van der Waals surface area contributed by atoms with Crippen molar-refractivity contribution in [2.45, 2.75) is 58.2 Å². The summed E-state index contributed by atoms with van der Waals surface area (Å²) >= 11 is 0. The lowest BCUT2D eigenvalue weighted by Gasteiger charge is -2.26. The van der Waals surface area contributed by atoms with E-state index in [4.69, 9.17) is 4.74 Å². The maximum atomic E-state index is 6.12. The van der Waals surface area contributed by atoms with Gasteiger partial charge in [-0.25, -0.2) is 0 Å². The molecule has 0 aliphatic heterocycles. The largest absolute Gasteiger partial charge is 0.371 e. The second-order valence-corrected chi connectivity index (χ2v) is 4.95. The molecule has 1 aromatic rings. The Hall–Kier alpha value is -0.820. The predicted octanol–water partition coefficient (Wildman–Crippen LogP) is 4.41. The Kier molecular flexibility index (Phi) is 4.00. The van der Waals surface area contributed by atoms with Crippen LogP contribution >= 0.6 is 0 Å². The monoisotopic (exact) mass is 218 g/mol. The molecule has 1 aromatic carbocycles. The molecule has 0 heterocycles. The molecule has 1 nitrogen and oxygen atoms in total. The average molecular weight is 218 g/mol. The van der Waals surface area contributed by atoms with Crippen LogP contribution in [0.3, 0.4) is 0 Å². The van der Waals surface area contributed by atoms with E-state index in [-0.39, 0.29) is 6.10 Å². The van der Waals surface area contributed by atoms with Crippen molar-refractivity contribution >= 4 is 0 Å². The molecular weight excluding hydrogens is 196 g/mol. The topological polar surface area (TPSA) is 9.23 Å². The third kappa shape index (κ3) is 3.08. The van der Waals surface area contributed by atoms with Gasteiger partial charge >= 0.3 is 0 Å². The van der Waals surface area contributed by atoms with Gasteiger partial charge in [-0.3, -0.25) is 0 Å². The molecule has 0 aromatic heterocycles. The van der Waals surface area contributed by atoms with Gasteiger partial charge in [0.15, 0.2) is 0 Å². The molecular formula is C15H22O. The Morgan fingerprint density at radius 1 is 1.06 bits per heavy atom. The Balaban J connectivity index is 1.91. The number of aryl methyl sites for hydroxylation is 1. The van der Waals surface area contributed by atoms with Crippen molar-refractivity contribution in [2.24, 2.45) is 0 Å². The third-order valence-corrected chi connectivity index (χ3v) is 3.50. The van der Waals surface area contributed by atoms with Gasteiger partial charge in [0.25, 0.3) is 0 Å². The third-order valence-electron chi connectivity index (χ3n) is 3.50. The van der Waals surface area contributed by atoms with Gasteiger partial charge in [-0.2, -0.15) is 0 Å². The quantitative estimate of drug-likeness (QED) is 0.730. The predicted molar refractivity (Wildman–Crippen MR) is 67.6 cm³/mol. The Bertz CT molecular complexity index is 309. The number of hydrogen-bond donors (Lipinski definition) is 0. The van der Waals surface area contributed by atoms with Crippen LogP contribution in [0, 0.1) is 6.92 Å². The van der Waals surface area contributed by atoms with Crippen molar-refractivity contribution in [1.29, 1.82) is 0 Å². The first kappa shape index (κ1) is 11.7. The van der Waals surface area contributed by atoms with E-state index in [1.165, 1.54) is 43.2 Å². The molecule has 1 unspecified atom stereocenters. The lowest BCUT2D eigenvalue weighted by Crippen LogP contribution is -2.18. The maximum absolute atomic E-state index is 6.12. The minimum Gasteiger partial charge on any atom is -0.371 e. The minimum atomic E-state index is 0.240. The van der Waals surface area contributed by atoms with Gasteiger partial charge in [-0.05, 0) is 32.3 Å². The molecule has 0 bridgehead atoms. The highest BCUT2D eigenvalue weighted by Crippen LogP contribution is 2.26. The highest BCUT2D eigenvalue weighted by Gasteiger charge is 2.17. The molecule has 1 atom stereocenters. The summed E-state index contributed by atoms with van der Waals surface area (Å²) in [5.74, 6) is 0. The van der Waals surface area contributed by atoms with Crippen LogP contribution in [0.2, 0.25) is 0 Å². The van der Waals surface area contributed by atoms with E-state index in [1.54, 1.807) is 0 Å². The molecule has 0 N–H and O–H groups in total. The van der Waals surface area contributed by atoms with Gasteiger partial charge in [-0.1, -0.05) is 49.1 Å². The van der Waals surface area contributed by atoms with Crippen molar-refractivity contribution in [3.05, 3.63) is 35.4 Å². The van der Waals surface area contributed by atoms with Gasteiger partial charge in [0.2, 0.25) is 0 Å². The maximum Gasteiger partial charge on any atom is 0.0800 e. The molecule has 0 spiro atoms. The van der Waals surface area contributed by atoms with Crippen LogP contribution in [-0.4, -0.2) is 6.10 Å². The number of ether oxygens (including phenoxy) is 1. The first-order valence-corrected chi connectivity index (χ1v) is 6.48. The summed E-state index contributed by atoms with van der Waals surface area (Å²) in [6, 6.07) is 8.69. The molecule has 0 saturated heterocycles. The summed E-state index contributed by atoms with van der Waals surface area (Å²) in [4.78, 5) is 0. The van der Waals surface area contributed by atoms with E-state index in [9.17, 15) is 0 Å². The molecule has 1 aliphatic rings. The number of hydrogen-bond acceptors (Lipinski definition) is 1. The van der Waals surface area contributed by atoms with Crippen LogP contribution < -0.4 is 0 Å². The first-order valence-electron chi connectivity index (χ1n) is 6.48. The first-order chi connectivity index (χ1) is 7.75. The highest BCUT2D eigenvalue weighted by atomic mass is 16.5. The van der Waals surface area contributed by atoms with Gasteiger partial charge < -0.3 is 4.74 Å². The van der Waals surface area contributed by atoms with Crippen molar-refractivity contribution in [3.8, 4) is 0 Å². The molecule has 1 aliphatic carbocycles. The number of rotatable bonds is 3. The fourth-order valence-electron chi connectivity index (χ4n) is 2.41. The SMILES string of the molecule is Cc1ccc(C(C)OC2CCCCC2)cc1. The standard InChI is InChI=1S/C15H22O/c1-12-8-10-14(11-9-12)13(2)16-15-6-4-3-5-7-15/h8-11,13,15H,3-7H2,1-2H3. The lowest BCUT2D eigenvalue weighted by molar-refractivity contribution is -0.0222. The van der Waals surface area contributed by atoms with Crippen LogP contribution in [-0.2, 0) is 4.74 Å². The van der Waals surface area contributed by atoms with Crippen LogP contribution in [0.1, 0.15) is 56.3 Å². The molecule has 1 fully saturated rings. The summed E-state index contributed by atoms with van der Waals surface area (Å²) < 4.78 is 6.12. The van der Waals surface area contributed by atoms with Crippen LogP contribution in [0.25, 0.3) is 0 Å². The fourth-order valence-corrected chi connectivity index (χ4v) is 2.41. The molecule has 1 heteroatoms.